The fourth-order valence-electron chi connectivity index (χ4n) is 2.34. The number of halogens is 2. The molecule has 0 heterocycles. The summed E-state index contributed by atoms with van der Waals surface area (Å²) in [4.78, 5) is 0. The predicted molar refractivity (Wildman–Crippen MR) is 102 cm³/mol. The average molecular weight is 384 g/mol. The van der Waals surface area contributed by atoms with E-state index >= 15 is 0 Å². The second-order valence-corrected chi connectivity index (χ2v) is 6.52. The van der Waals surface area contributed by atoms with Crippen molar-refractivity contribution in [2.45, 2.75) is 32.5 Å². The van der Waals surface area contributed by atoms with Gasteiger partial charge in [-0.15, -0.1) is 0 Å². The zero-order valence-corrected chi connectivity index (χ0v) is 15.9. The lowest BCUT2D eigenvalue weighted by molar-refractivity contribution is 0.238. The first-order chi connectivity index (χ1) is 12.1. The van der Waals surface area contributed by atoms with Gasteiger partial charge in [0.25, 0.3) is 0 Å². The molecular formula is C19H23Cl2NO3. The van der Waals surface area contributed by atoms with Crippen LogP contribution in [0.3, 0.4) is 0 Å². The van der Waals surface area contributed by atoms with Crippen LogP contribution < -0.4 is 14.8 Å². The summed E-state index contributed by atoms with van der Waals surface area (Å²) in [6, 6.07) is 11.2. The highest BCUT2D eigenvalue weighted by atomic mass is 35.5. The molecule has 0 aliphatic carbocycles. The lowest BCUT2D eigenvalue weighted by Crippen LogP contribution is -2.31. The number of aliphatic hydroxyl groups is 1. The second kappa shape index (κ2) is 9.88. The third-order valence-corrected chi connectivity index (χ3v) is 4.52. The molecule has 136 valence electrons. The van der Waals surface area contributed by atoms with Gasteiger partial charge in [0.1, 0.15) is 6.61 Å². The molecule has 0 aliphatic rings. The zero-order chi connectivity index (χ0) is 18.2. The maximum atomic E-state index is 9.24. The average Bonchev–Trinajstić information content (AvgIpc) is 2.62. The number of methoxy groups -OCH3 is 1. The molecule has 0 unspecified atom stereocenters. The molecule has 0 bridgehead atoms. The molecule has 0 spiro atoms. The van der Waals surface area contributed by atoms with E-state index in [2.05, 4.69) is 5.32 Å². The van der Waals surface area contributed by atoms with Crippen molar-refractivity contribution in [3.63, 3.8) is 0 Å². The Balaban J connectivity index is 2.03. The second-order valence-electron chi connectivity index (χ2n) is 5.68. The summed E-state index contributed by atoms with van der Waals surface area (Å²) in [6.07, 6.45) is 0.872. The summed E-state index contributed by atoms with van der Waals surface area (Å²) in [6.45, 7) is 3.13. The Hall–Kier alpha value is -1.46. The molecule has 0 aliphatic heterocycles. The van der Waals surface area contributed by atoms with Crippen molar-refractivity contribution < 1.29 is 14.6 Å². The molecule has 0 saturated carbocycles. The quantitative estimate of drug-likeness (QED) is 0.671. The number of benzene rings is 2. The van der Waals surface area contributed by atoms with Gasteiger partial charge in [0.15, 0.2) is 11.5 Å². The first-order valence-electron chi connectivity index (χ1n) is 8.15. The summed E-state index contributed by atoms with van der Waals surface area (Å²) in [5.74, 6) is 1.30. The molecule has 4 nitrogen and oxygen atoms in total. The SMILES string of the molecule is CC[C@H](CO)NCc1ccc(OCc2ccc(Cl)cc2Cl)c(OC)c1. The standard InChI is InChI=1S/C19H23Cl2NO3/c1-3-16(11-23)22-10-13-4-7-18(19(8-13)24-2)25-12-14-5-6-15(20)9-17(14)21/h4-9,16,22-23H,3,10-12H2,1-2H3/t16-/m1/s1. The minimum Gasteiger partial charge on any atom is -0.493 e. The smallest absolute Gasteiger partial charge is 0.161 e. The molecule has 2 rings (SSSR count). The normalized spacial score (nSPS) is 12.0. The van der Waals surface area contributed by atoms with Gasteiger partial charge in [0.05, 0.1) is 13.7 Å². The minimum atomic E-state index is 0.0916. The van der Waals surface area contributed by atoms with Crippen LogP contribution in [0.2, 0.25) is 10.0 Å². The Morgan fingerprint density at radius 1 is 1.12 bits per heavy atom. The first kappa shape index (κ1) is 19.9. The molecule has 2 N–H and O–H groups in total. The Labute approximate surface area is 158 Å². The summed E-state index contributed by atoms with van der Waals surface area (Å²) in [7, 11) is 1.61. The molecule has 0 aromatic heterocycles. The highest BCUT2D eigenvalue weighted by Crippen LogP contribution is 2.30. The van der Waals surface area contributed by atoms with Gasteiger partial charge in [0.2, 0.25) is 0 Å². The van der Waals surface area contributed by atoms with Gasteiger partial charge in [-0.05, 0) is 36.2 Å². The van der Waals surface area contributed by atoms with Crippen LogP contribution in [0.25, 0.3) is 0 Å². The molecule has 6 heteroatoms. The summed E-state index contributed by atoms with van der Waals surface area (Å²) in [5.41, 5.74) is 1.91. The Morgan fingerprint density at radius 2 is 1.92 bits per heavy atom. The number of ether oxygens (including phenoxy) is 2. The highest BCUT2D eigenvalue weighted by molar-refractivity contribution is 6.35. The topological polar surface area (TPSA) is 50.7 Å². The number of rotatable bonds is 9. The van der Waals surface area contributed by atoms with Gasteiger partial charge in [-0.2, -0.15) is 0 Å². The van der Waals surface area contributed by atoms with E-state index < -0.39 is 0 Å². The maximum Gasteiger partial charge on any atom is 0.161 e. The van der Waals surface area contributed by atoms with Crippen LogP contribution in [-0.2, 0) is 13.2 Å². The maximum absolute atomic E-state index is 9.24. The molecular weight excluding hydrogens is 361 g/mol. The van der Waals surface area contributed by atoms with E-state index in [-0.39, 0.29) is 12.6 Å². The number of nitrogens with one attached hydrogen (secondary N) is 1. The van der Waals surface area contributed by atoms with Crippen molar-refractivity contribution in [2.24, 2.45) is 0 Å². The van der Waals surface area contributed by atoms with Crippen LogP contribution in [0.1, 0.15) is 24.5 Å². The third-order valence-electron chi connectivity index (χ3n) is 3.93. The van der Waals surface area contributed by atoms with Gasteiger partial charge < -0.3 is 19.9 Å². The largest absolute Gasteiger partial charge is 0.493 e. The van der Waals surface area contributed by atoms with Gasteiger partial charge >= 0.3 is 0 Å². The number of hydrogen-bond donors (Lipinski definition) is 2. The van der Waals surface area contributed by atoms with Crippen molar-refractivity contribution in [3.8, 4) is 11.5 Å². The van der Waals surface area contributed by atoms with Gasteiger partial charge in [-0.1, -0.05) is 42.3 Å². The molecule has 2 aromatic rings. The minimum absolute atomic E-state index is 0.0916. The van der Waals surface area contributed by atoms with E-state index in [1.807, 2.05) is 31.2 Å². The van der Waals surface area contributed by atoms with E-state index in [4.69, 9.17) is 32.7 Å². The van der Waals surface area contributed by atoms with Crippen LogP contribution >= 0.6 is 23.2 Å². The van der Waals surface area contributed by atoms with Crippen molar-refractivity contribution in [1.82, 2.24) is 5.32 Å². The van der Waals surface area contributed by atoms with E-state index in [0.29, 0.717) is 34.7 Å². The van der Waals surface area contributed by atoms with Gasteiger partial charge in [0, 0.05) is 28.2 Å². The van der Waals surface area contributed by atoms with Crippen molar-refractivity contribution >= 4 is 23.2 Å². The van der Waals surface area contributed by atoms with Crippen LogP contribution in [-0.4, -0.2) is 24.9 Å². The van der Waals surface area contributed by atoms with Crippen molar-refractivity contribution in [1.29, 1.82) is 0 Å². The molecule has 2 aromatic carbocycles. The van der Waals surface area contributed by atoms with Crippen molar-refractivity contribution in [2.75, 3.05) is 13.7 Å². The fourth-order valence-corrected chi connectivity index (χ4v) is 2.80. The molecule has 0 saturated heterocycles. The first-order valence-corrected chi connectivity index (χ1v) is 8.90. The lowest BCUT2D eigenvalue weighted by Gasteiger charge is -2.16. The molecule has 1 atom stereocenters. The molecule has 25 heavy (non-hydrogen) atoms. The molecule has 0 fully saturated rings. The number of hydrogen-bond acceptors (Lipinski definition) is 4. The monoisotopic (exact) mass is 383 g/mol. The Kier molecular flexibility index (Phi) is 7.85. The fraction of sp³-hybridized carbons (Fsp3) is 0.368. The Bertz CT molecular complexity index is 690. The lowest BCUT2D eigenvalue weighted by atomic mass is 10.1. The van der Waals surface area contributed by atoms with Crippen LogP contribution in [0, 0.1) is 0 Å². The molecule has 0 radical (unpaired) electrons. The van der Waals surface area contributed by atoms with E-state index in [1.165, 1.54) is 0 Å². The van der Waals surface area contributed by atoms with Crippen LogP contribution in [0.4, 0.5) is 0 Å². The van der Waals surface area contributed by atoms with E-state index in [9.17, 15) is 5.11 Å². The third kappa shape index (κ3) is 5.79. The van der Waals surface area contributed by atoms with E-state index in [0.717, 1.165) is 17.5 Å². The molecule has 0 amide bonds. The zero-order valence-electron chi connectivity index (χ0n) is 14.4. The summed E-state index contributed by atoms with van der Waals surface area (Å²) in [5, 5.41) is 13.7. The van der Waals surface area contributed by atoms with Crippen LogP contribution in [0.5, 0.6) is 11.5 Å². The summed E-state index contributed by atoms with van der Waals surface area (Å²) < 4.78 is 11.3. The number of aliphatic hydroxyl groups excluding tert-OH is 1. The van der Waals surface area contributed by atoms with Gasteiger partial charge in [-0.3, -0.25) is 0 Å². The highest BCUT2D eigenvalue weighted by Gasteiger charge is 2.09. The van der Waals surface area contributed by atoms with E-state index in [1.54, 1.807) is 19.2 Å². The van der Waals surface area contributed by atoms with Crippen molar-refractivity contribution in [3.05, 3.63) is 57.6 Å². The summed E-state index contributed by atoms with van der Waals surface area (Å²) >= 11 is 12.1. The predicted octanol–water partition coefficient (Wildman–Crippen LogP) is 4.44. The Morgan fingerprint density at radius 3 is 2.56 bits per heavy atom. The van der Waals surface area contributed by atoms with Crippen LogP contribution in [0.15, 0.2) is 36.4 Å². The van der Waals surface area contributed by atoms with Gasteiger partial charge in [-0.25, -0.2) is 0 Å².